The van der Waals surface area contributed by atoms with Crippen LogP contribution in [0, 0.1) is 11.6 Å². The number of hydrogen-bond donors (Lipinski definition) is 2. The second-order valence-electron chi connectivity index (χ2n) is 4.99. The molecule has 0 aliphatic carbocycles. The highest BCUT2D eigenvalue weighted by atomic mass is 19.1. The number of carboxylic acid groups (broad SMARTS) is 1. The van der Waals surface area contributed by atoms with Crippen molar-refractivity contribution < 1.29 is 28.2 Å². The minimum atomic E-state index is -1.15. The van der Waals surface area contributed by atoms with Crippen molar-refractivity contribution in [3.8, 4) is 0 Å². The number of methoxy groups -OCH3 is 1. The molecule has 0 aromatic heterocycles. The monoisotopic (exact) mass is 301 g/mol. The van der Waals surface area contributed by atoms with Crippen molar-refractivity contribution in [2.45, 2.75) is 25.3 Å². The summed E-state index contributed by atoms with van der Waals surface area (Å²) in [6, 6.07) is 3.31. The highest BCUT2D eigenvalue weighted by Gasteiger charge is 2.30. The number of aliphatic carboxylic acids is 1. The number of halogens is 2. The van der Waals surface area contributed by atoms with E-state index in [1.807, 2.05) is 0 Å². The maximum absolute atomic E-state index is 13.5. The molecule has 0 fully saturated rings. The minimum absolute atomic E-state index is 0.0369. The predicted octanol–water partition coefficient (Wildman–Crippen LogP) is 1.50. The number of hydrogen-bond acceptors (Lipinski definition) is 3. The van der Waals surface area contributed by atoms with Gasteiger partial charge < -0.3 is 15.2 Å². The van der Waals surface area contributed by atoms with Gasteiger partial charge in [0.15, 0.2) is 0 Å². The van der Waals surface area contributed by atoms with E-state index in [1.54, 1.807) is 0 Å². The van der Waals surface area contributed by atoms with E-state index in [-0.39, 0.29) is 18.6 Å². The molecule has 1 atom stereocenters. The summed E-state index contributed by atoms with van der Waals surface area (Å²) in [4.78, 5) is 22.7. The van der Waals surface area contributed by atoms with Crippen LogP contribution in [-0.2, 0) is 20.7 Å². The summed E-state index contributed by atoms with van der Waals surface area (Å²) < 4.78 is 31.8. The second-order valence-corrected chi connectivity index (χ2v) is 4.99. The number of benzene rings is 1. The average Bonchev–Trinajstić information content (AvgIpc) is 2.32. The van der Waals surface area contributed by atoms with E-state index in [0.29, 0.717) is 0 Å². The first-order chi connectivity index (χ1) is 9.77. The minimum Gasteiger partial charge on any atom is -0.481 e. The summed E-state index contributed by atoms with van der Waals surface area (Å²) in [5.74, 6) is -3.44. The Hall–Kier alpha value is -2.02. The van der Waals surface area contributed by atoms with Crippen molar-refractivity contribution in [2.75, 3.05) is 13.7 Å². The highest BCUT2D eigenvalue weighted by molar-refractivity contribution is 5.80. The molecule has 1 unspecified atom stereocenters. The van der Waals surface area contributed by atoms with Gasteiger partial charge in [-0.05, 0) is 19.1 Å². The fraction of sp³-hybridized carbons (Fsp3) is 0.429. The number of carboxylic acids is 1. The van der Waals surface area contributed by atoms with E-state index in [4.69, 9.17) is 9.84 Å². The van der Waals surface area contributed by atoms with E-state index in [1.165, 1.54) is 20.1 Å². The molecule has 0 spiro atoms. The molecule has 21 heavy (non-hydrogen) atoms. The Morgan fingerprint density at radius 3 is 2.38 bits per heavy atom. The summed E-state index contributed by atoms with van der Waals surface area (Å²) in [5, 5.41) is 11.3. The lowest BCUT2D eigenvalue weighted by molar-refractivity contribution is -0.139. The largest absolute Gasteiger partial charge is 0.481 e. The van der Waals surface area contributed by atoms with Crippen molar-refractivity contribution in [3.05, 3.63) is 35.4 Å². The Kier molecular flexibility index (Phi) is 5.78. The normalized spacial score (nSPS) is 13.5. The summed E-state index contributed by atoms with van der Waals surface area (Å²) in [6.07, 6.45) is -0.885. The van der Waals surface area contributed by atoms with E-state index in [9.17, 15) is 18.4 Å². The third-order valence-corrected chi connectivity index (χ3v) is 2.84. The van der Waals surface area contributed by atoms with Crippen LogP contribution in [0.5, 0.6) is 0 Å². The van der Waals surface area contributed by atoms with Gasteiger partial charge in [-0.1, -0.05) is 6.07 Å². The van der Waals surface area contributed by atoms with Crippen LogP contribution < -0.4 is 5.32 Å². The standard InChI is InChI=1S/C14H17F2NO4/c1-14(8-21-2,7-13(19)20)17-12(18)6-9-10(15)4-3-5-11(9)16/h3-5H,6-8H2,1-2H3,(H,17,18)(H,19,20). The van der Waals surface area contributed by atoms with Crippen molar-refractivity contribution in [1.29, 1.82) is 0 Å². The molecule has 0 aliphatic heterocycles. The summed E-state index contributed by atoms with van der Waals surface area (Å²) in [6.45, 7) is 1.45. The van der Waals surface area contributed by atoms with Gasteiger partial charge in [-0.2, -0.15) is 0 Å². The Morgan fingerprint density at radius 1 is 1.33 bits per heavy atom. The first-order valence-electron chi connectivity index (χ1n) is 6.22. The van der Waals surface area contributed by atoms with Gasteiger partial charge in [0.2, 0.25) is 5.91 Å². The van der Waals surface area contributed by atoms with Crippen molar-refractivity contribution in [3.63, 3.8) is 0 Å². The average molecular weight is 301 g/mol. The van der Waals surface area contributed by atoms with Crippen LogP contribution in [0.1, 0.15) is 18.9 Å². The topological polar surface area (TPSA) is 75.6 Å². The van der Waals surface area contributed by atoms with Crippen LogP contribution in [0.4, 0.5) is 8.78 Å². The van der Waals surface area contributed by atoms with E-state index >= 15 is 0 Å². The van der Waals surface area contributed by atoms with Gasteiger partial charge >= 0.3 is 5.97 Å². The van der Waals surface area contributed by atoms with Gasteiger partial charge in [-0.3, -0.25) is 9.59 Å². The van der Waals surface area contributed by atoms with E-state index in [2.05, 4.69) is 5.32 Å². The highest BCUT2D eigenvalue weighted by Crippen LogP contribution is 2.15. The van der Waals surface area contributed by atoms with Crippen LogP contribution in [0.25, 0.3) is 0 Å². The second kappa shape index (κ2) is 7.12. The number of amides is 1. The van der Waals surface area contributed by atoms with Gasteiger partial charge in [-0.25, -0.2) is 8.78 Å². The summed E-state index contributed by atoms with van der Waals surface area (Å²) >= 11 is 0. The number of ether oxygens (including phenoxy) is 1. The lowest BCUT2D eigenvalue weighted by Crippen LogP contribution is -2.51. The molecule has 1 aromatic carbocycles. The molecule has 0 aliphatic rings. The van der Waals surface area contributed by atoms with Crippen molar-refractivity contribution >= 4 is 11.9 Å². The van der Waals surface area contributed by atoms with Crippen LogP contribution in [-0.4, -0.2) is 36.2 Å². The number of carbonyl (C=O) groups is 2. The SMILES string of the molecule is COCC(C)(CC(=O)O)NC(=O)Cc1c(F)cccc1F. The maximum atomic E-state index is 13.5. The van der Waals surface area contributed by atoms with Crippen LogP contribution in [0.2, 0.25) is 0 Å². The van der Waals surface area contributed by atoms with Gasteiger partial charge in [0.25, 0.3) is 0 Å². The molecule has 1 aromatic rings. The molecule has 1 rings (SSSR count). The Morgan fingerprint density at radius 2 is 1.90 bits per heavy atom. The summed E-state index contributed by atoms with van der Waals surface area (Å²) in [5.41, 5.74) is -1.51. The molecule has 0 bridgehead atoms. The zero-order valence-corrected chi connectivity index (χ0v) is 11.8. The van der Waals surface area contributed by atoms with E-state index in [0.717, 1.165) is 12.1 Å². The maximum Gasteiger partial charge on any atom is 0.305 e. The third kappa shape index (κ3) is 5.11. The Bertz CT molecular complexity index is 515. The molecule has 0 radical (unpaired) electrons. The zero-order chi connectivity index (χ0) is 16.0. The Balaban J connectivity index is 2.81. The number of rotatable bonds is 7. The third-order valence-electron chi connectivity index (χ3n) is 2.84. The molecular weight excluding hydrogens is 284 g/mol. The molecule has 1 amide bonds. The van der Waals surface area contributed by atoms with Gasteiger partial charge in [0.1, 0.15) is 11.6 Å². The molecule has 0 saturated carbocycles. The molecule has 5 nitrogen and oxygen atoms in total. The van der Waals surface area contributed by atoms with Gasteiger partial charge in [0, 0.05) is 12.7 Å². The Labute approximate surface area is 120 Å². The number of carbonyl (C=O) groups excluding carboxylic acids is 1. The number of nitrogens with one attached hydrogen (secondary N) is 1. The fourth-order valence-corrected chi connectivity index (χ4v) is 2.03. The molecule has 116 valence electrons. The van der Waals surface area contributed by atoms with Crippen molar-refractivity contribution in [1.82, 2.24) is 5.32 Å². The fourth-order valence-electron chi connectivity index (χ4n) is 2.03. The lowest BCUT2D eigenvalue weighted by atomic mass is 9.98. The molecular formula is C14H17F2NO4. The smallest absolute Gasteiger partial charge is 0.305 e. The molecule has 2 N–H and O–H groups in total. The van der Waals surface area contributed by atoms with Gasteiger partial charge in [-0.15, -0.1) is 0 Å². The molecule has 7 heteroatoms. The van der Waals surface area contributed by atoms with Crippen molar-refractivity contribution in [2.24, 2.45) is 0 Å². The predicted molar refractivity (Wildman–Crippen MR) is 70.7 cm³/mol. The van der Waals surface area contributed by atoms with E-state index < -0.39 is 35.5 Å². The summed E-state index contributed by atoms with van der Waals surface area (Å²) in [7, 11) is 1.36. The van der Waals surface area contributed by atoms with Gasteiger partial charge in [0.05, 0.1) is 25.0 Å². The van der Waals surface area contributed by atoms with Crippen LogP contribution in [0.15, 0.2) is 18.2 Å². The first-order valence-corrected chi connectivity index (χ1v) is 6.22. The quantitative estimate of drug-likeness (QED) is 0.800. The lowest BCUT2D eigenvalue weighted by Gasteiger charge is -2.28. The van der Waals surface area contributed by atoms with Crippen LogP contribution in [0.3, 0.4) is 0 Å². The zero-order valence-electron chi connectivity index (χ0n) is 11.8. The molecule has 0 heterocycles. The molecule has 0 saturated heterocycles. The van der Waals surface area contributed by atoms with Crippen LogP contribution >= 0.6 is 0 Å². The first kappa shape index (κ1) is 17.0.